The third-order valence-corrected chi connectivity index (χ3v) is 6.32. The maximum absolute atomic E-state index is 15.8. The number of anilines is 1. The van der Waals surface area contributed by atoms with Crippen molar-refractivity contribution in [3.63, 3.8) is 0 Å². The van der Waals surface area contributed by atoms with E-state index in [1.807, 2.05) is 25.1 Å². The highest BCUT2D eigenvalue weighted by atomic mass is 19.1. The second-order valence-corrected chi connectivity index (χ2v) is 9.26. The Bertz CT molecular complexity index is 1760. The molecule has 6 aromatic rings. The third kappa shape index (κ3) is 4.35. The van der Waals surface area contributed by atoms with Crippen molar-refractivity contribution in [2.45, 2.75) is 0 Å². The average Bonchev–Trinajstić information content (AvgIpc) is 3.53. The number of imidazole rings is 1. The first-order valence-corrected chi connectivity index (χ1v) is 12.1. The Labute approximate surface area is 216 Å². The molecule has 4 heterocycles. The number of fused-ring (bicyclic) bond motifs is 2. The van der Waals surface area contributed by atoms with Gasteiger partial charge in [0.25, 0.3) is 0 Å². The molecule has 2 aromatic carbocycles. The SMILES string of the molecule is CN(C)CCNc1cc(F)cc(-c2nccc3[nH]c(-c4n[nH]c5ccc(-c6cccnc6)c(F)c45)nc23)c1. The minimum Gasteiger partial charge on any atom is -0.384 e. The molecule has 0 saturated heterocycles. The van der Waals surface area contributed by atoms with E-state index in [1.54, 1.807) is 48.9 Å². The van der Waals surface area contributed by atoms with Crippen molar-refractivity contribution >= 4 is 27.6 Å². The van der Waals surface area contributed by atoms with E-state index >= 15 is 4.39 Å². The van der Waals surface area contributed by atoms with Crippen LogP contribution in [0.15, 0.2) is 67.1 Å². The van der Waals surface area contributed by atoms with Gasteiger partial charge in [-0.25, -0.2) is 13.8 Å². The lowest BCUT2D eigenvalue weighted by Crippen LogP contribution is -2.20. The van der Waals surface area contributed by atoms with E-state index in [2.05, 4.69) is 30.5 Å². The minimum absolute atomic E-state index is 0.318. The molecule has 0 bridgehead atoms. The molecule has 0 aliphatic heterocycles. The van der Waals surface area contributed by atoms with E-state index in [4.69, 9.17) is 4.98 Å². The molecule has 10 heteroatoms. The zero-order chi connectivity index (χ0) is 26.2. The van der Waals surface area contributed by atoms with E-state index in [0.717, 1.165) is 6.54 Å². The molecule has 0 atom stereocenters. The van der Waals surface area contributed by atoms with Gasteiger partial charge in [-0.2, -0.15) is 5.10 Å². The third-order valence-electron chi connectivity index (χ3n) is 6.32. The van der Waals surface area contributed by atoms with Gasteiger partial charge in [0.05, 0.1) is 22.1 Å². The van der Waals surface area contributed by atoms with Gasteiger partial charge in [0.1, 0.15) is 22.8 Å². The first-order valence-electron chi connectivity index (χ1n) is 12.1. The van der Waals surface area contributed by atoms with Crippen LogP contribution in [0.3, 0.4) is 0 Å². The summed E-state index contributed by atoms with van der Waals surface area (Å²) in [6, 6.07) is 13.5. The smallest absolute Gasteiger partial charge is 0.159 e. The number of aromatic nitrogens is 6. The zero-order valence-corrected chi connectivity index (χ0v) is 20.8. The van der Waals surface area contributed by atoms with Crippen molar-refractivity contribution in [1.82, 2.24) is 35.0 Å². The highest BCUT2D eigenvalue weighted by molar-refractivity contribution is 5.98. The summed E-state index contributed by atoms with van der Waals surface area (Å²) in [5, 5.41) is 10.8. The summed E-state index contributed by atoms with van der Waals surface area (Å²) in [6.45, 7) is 1.47. The van der Waals surface area contributed by atoms with E-state index in [0.29, 0.717) is 68.1 Å². The summed E-state index contributed by atoms with van der Waals surface area (Å²) >= 11 is 0. The van der Waals surface area contributed by atoms with Crippen LogP contribution < -0.4 is 5.32 Å². The summed E-state index contributed by atoms with van der Waals surface area (Å²) in [7, 11) is 3.96. The highest BCUT2D eigenvalue weighted by Gasteiger charge is 2.20. The van der Waals surface area contributed by atoms with Crippen molar-refractivity contribution in [3.8, 4) is 33.9 Å². The Kier molecular flexibility index (Phi) is 6.01. The van der Waals surface area contributed by atoms with Gasteiger partial charge in [-0.15, -0.1) is 0 Å². The highest BCUT2D eigenvalue weighted by Crippen LogP contribution is 2.35. The molecular weight excluding hydrogens is 486 g/mol. The molecule has 4 aromatic heterocycles. The van der Waals surface area contributed by atoms with Crippen molar-refractivity contribution in [2.24, 2.45) is 0 Å². The van der Waals surface area contributed by atoms with E-state index in [1.165, 1.54) is 12.1 Å². The van der Waals surface area contributed by atoms with Crippen LogP contribution in [0.2, 0.25) is 0 Å². The molecule has 8 nitrogen and oxygen atoms in total. The molecule has 38 heavy (non-hydrogen) atoms. The molecule has 3 N–H and O–H groups in total. The Balaban J connectivity index is 1.43. The molecule has 0 aliphatic rings. The Morgan fingerprint density at radius 2 is 1.84 bits per heavy atom. The summed E-state index contributed by atoms with van der Waals surface area (Å²) in [6.07, 6.45) is 4.89. The predicted octanol–water partition coefficient (Wildman–Crippen LogP) is 5.48. The number of halogens is 2. The maximum Gasteiger partial charge on any atom is 0.159 e. The van der Waals surface area contributed by atoms with Crippen molar-refractivity contribution < 1.29 is 8.78 Å². The standard InChI is InChI=1S/C28H24F2N8/c1-38(2)11-10-32-19-13-17(12-18(29)14-19)25-26-22(7-9-33-25)34-28(35-26)27-23-21(36-37-27)6-5-20(24(23)30)16-4-3-8-31-15-16/h3-9,12-15,32H,10-11H2,1-2H3,(H,34,35)(H,36,37). The number of nitrogens with one attached hydrogen (secondary N) is 3. The fraction of sp³-hybridized carbons (Fsp3) is 0.143. The van der Waals surface area contributed by atoms with E-state index in [9.17, 15) is 4.39 Å². The largest absolute Gasteiger partial charge is 0.384 e. The van der Waals surface area contributed by atoms with Gasteiger partial charge in [-0.05, 0) is 56.6 Å². The monoisotopic (exact) mass is 510 g/mol. The summed E-state index contributed by atoms with van der Waals surface area (Å²) < 4.78 is 30.3. The second kappa shape index (κ2) is 9.64. The van der Waals surface area contributed by atoms with Crippen LogP contribution in [-0.2, 0) is 0 Å². The number of nitrogens with zero attached hydrogens (tertiary/aromatic N) is 5. The van der Waals surface area contributed by atoms with Crippen molar-refractivity contribution in [1.29, 1.82) is 0 Å². The normalized spacial score (nSPS) is 11.6. The Morgan fingerprint density at radius 1 is 0.947 bits per heavy atom. The van der Waals surface area contributed by atoms with Gasteiger partial charge in [0, 0.05) is 54.1 Å². The molecule has 6 rings (SSSR count). The van der Waals surface area contributed by atoms with Crippen LogP contribution in [0, 0.1) is 11.6 Å². The van der Waals surface area contributed by atoms with Crippen molar-refractivity contribution in [2.75, 3.05) is 32.5 Å². The number of H-pyrrole nitrogens is 2. The Morgan fingerprint density at radius 3 is 2.66 bits per heavy atom. The Hall–Kier alpha value is -4.70. The fourth-order valence-electron chi connectivity index (χ4n) is 4.50. The van der Waals surface area contributed by atoms with Gasteiger partial charge < -0.3 is 15.2 Å². The number of aromatic amines is 2. The number of rotatable bonds is 7. The fourth-order valence-corrected chi connectivity index (χ4v) is 4.50. The van der Waals surface area contributed by atoms with Crippen LogP contribution in [0.4, 0.5) is 14.5 Å². The van der Waals surface area contributed by atoms with Gasteiger partial charge in [0.2, 0.25) is 0 Å². The van der Waals surface area contributed by atoms with Crippen molar-refractivity contribution in [3.05, 3.63) is 78.8 Å². The summed E-state index contributed by atoms with van der Waals surface area (Å²) in [4.78, 5) is 18.6. The lowest BCUT2D eigenvalue weighted by atomic mass is 10.0. The first-order chi connectivity index (χ1) is 18.5. The number of benzene rings is 2. The molecule has 0 aliphatic carbocycles. The maximum atomic E-state index is 15.8. The molecule has 0 saturated carbocycles. The topological polar surface area (TPSA) is 98.4 Å². The van der Waals surface area contributed by atoms with Gasteiger partial charge in [0.15, 0.2) is 5.82 Å². The molecule has 0 fully saturated rings. The number of hydrogen-bond acceptors (Lipinski definition) is 6. The van der Waals surface area contributed by atoms with E-state index < -0.39 is 5.82 Å². The van der Waals surface area contributed by atoms with E-state index in [-0.39, 0.29) is 5.82 Å². The minimum atomic E-state index is -0.420. The predicted molar refractivity (Wildman–Crippen MR) is 145 cm³/mol. The molecule has 0 unspecified atom stereocenters. The van der Waals surface area contributed by atoms with Crippen LogP contribution in [0.1, 0.15) is 0 Å². The first kappa shape index (κ1) is 23.7. The number of likely N-dealkylation sites (N-methyl/N-ethyl adjacent to an activating group) is 1. The van der Waals surface area contributed by atoms with Gasteiger partial charge >= 0.3 is 0 Å². The molecule has 0 spiro atoms. The van der Waals surface area contributed by atoms with Crippen LogP contribution >= 0.6 is 0 Å². The lowest BCUT2D eigenvalue weighted by molar-refractivity contribution is 0.425. The molecule has 190 valence electrons. The summed E-state index contributed by atoms with van der Waals surface area (Å²) in [5.74, 6) is -0.423. The zero-order valence-electron chi connectivity index (χ0n) is 20.8. The summed E-state index contributed by atoms with van der Waals surface area (Å²) in [5.41, 5.74) is 4.92. The quantitative estimate of drug-likeness (QED) is 0.263. The average molecular weight is 511 g/mol. The second-order valence-electron chi connectivity index (χ2n) is 9.26. The molecule has 0 radical (unpaired) electrons. The lowest BCUT2D eigenvalue weighted by Gasteiger charge is -2.12. The van der Waals surface area contributed by atoms with Crippen LogP contribution in [0.25, 0.3) is 55.8 Å². The van der Waals surface area contributed by atoms with Crippen LogP contribution in [-0.4, -0.2) is 62.2 Å². The molecule has 0 amide bonds. The van der Waals surface area contributed by atoms with Crippen LogP contribution in [0.5, 0.6) is 0 Å². The van der Waals surface area contributed by atoms with Gasteiger partial charge in [-0.1, -0.05) is 6.07 Å². The van der Waals surface area contributed by atoms with Gasteiger partial charge in [-0.3, -0.25) is 15.1 Å². The number of pyridine rings is 2. The number of hydrogen-bond donors (Lipinski definition) is 3. The molecular formula is C28H24F2N8.